The van der Waals surface area contributed by atoms with Crippen molar-refractivity contribution < 1.29 is 19.1 Å². The van der Waals surface area contributed by atoms with Gasteiger partial charge in [-0.1, -0.05) is 12.1 Å². The van der Waals surface area contributed by atoms with Crippen molar-refractivity contribution in [2.45, 2.75) is 45.3 Å². The van der Waals surface area contributed by atoms with Gasteiger partial charge in [-0.3, -0.25) is 34.4 Å². The van der Waals surface area contributed by atoms with Crippen molar-refractivity contribution in [3.8, 4) is 11.4 Å². The number of esters is 1. The Balaban J connectivity index is 1.27. The normalized spacial score (nSPS) is 11.5. The third kappa shape index (κ3) is 10.1. The summed E-state index contributed by atoms with van der Waals surface area (Å²) in [5.74, 6) is -1.05. The second-order valence-corrected chi connectivity index (χ2v) is 10.3. The molecule has 0 aliphatic heterocycles. The Morgan fingerprint density at radius 1 is 0.818 bits per heavy atom. The molecule has 228 valence electrons. The summed E-state index contributed by atoms with van der Waals surface area (Å²) in [6.45, 7) is 3.30. The fraction of sp³-hybridized carbons (Fsp3) is 0.303. The van der Waals surface area contributed by atoms with Gasteiger partial charge in [0.25, 0.3) is 5.91 Å². The molecule has 11 heteroatoms. The highest BCUT2D eigenvalue weighted by Gasteiger charge is 2.23. The Bertz CT molecular complexity index is 1480. The van der Waals surface area contributed by atoms with Crippen molar-refractivity contribution in [2.24, 2.45) is 0 Å². The smallest absolute Gasteiger partial charge is 0.328 e. The summed E-state index contributed by atoms with van der Waals surface area (Å²) in [5, 5.41) is 5.73. The summed E-state index contributed by atoms with van der Waals surface area (Å²) in [4.78, 5) is 57.7. The molecule has 2 N–H and O–H groups in total. The van der Waals surface area contributed by atoms with Crippen LogP contribution >= 0.6 is 0 Å². The van der Waals surface area contributed by atoms with Crippen LogP contribution in [0.25, 0.3) is 11.4 Å². The molecule has 4 rings (SSSR count). The van der Waals surface area contributed by atoms with Gasteiger partial charge in [0, 0.05) is 50.0 Å². The molecule has 0 saturated heterocycles. The van der Waals surface area contributed by atoms with Gasteiger partial charge in [-0.25, -0.2) is 4.79 Å². The molecule has 4 heterocycles. The predicted molar refractivity (Wildman–Crippen MR) is 165 cm³/mol. The van der Waals surface area contributed by atoms with Crippen LogP contribution in [0.2, 0.25) is 0 Å². The topological polar surface area (TPSA) is 139 Å². The summed E-state index contributed by atoms with van der Waals surface area (Å²) in [7, 11) is 1.30. The Kier molecular flexibility index (Phi) is 12.0. The lowest BCUT2D eigenvalue weighted by atomic mass is 10.1. The standard InChI is InChI=1S/C33H37N7O4/c1-24-12-17-36-29(19-24)30-20-25(13-18-37-30)32(42)38-16-8-5-11-28(33(43)44-2)39-31(41)23-40(21-26-9-3-6-14-34-26)22-27-10-4-7-15-35-27/h3-4,6-7,9-10,12-15,17-20,28H,5,8,11,16,21-23H2,1-2H3,(H,38,42)(H,39,41)/t28-/m0/s1. The first-order chi connectivity index (χ1) is 21.4. The van der Waals surface area contributed by atoms with Crippen molar-refractivity contribution in [1.29, 1.82) is 0 Å². The number of ether oxygens (including phenoxy) is 1. The minimum Gasteiger partial charge on any atom is -0.467 e. The van der Waals surface area contributed by atoms with Gasteiger partial charge in [-0.15, -0.1) is 0 Å². The van der Waals surface area contributed by atoms with Gasteiger partial charge < -0.3 is 15.4 Å². The number of aromatic nitrogens is 4. The van der Waals surface area contributed by atoms with Crippen LogP contribution in [0.3, 0.4) is 0 Å². The highest BCUT2D eigenvalue weighted by molar-refractivity contribution is 5.95. The molecule has 0 unspecified atom stereocenters. The lowest BCUT2D eigenvalue weighted by Gasteiger charge is -2.23. The molecule has 0 radical (unpaired) electrons. The lowest BCUT2D eigenvalue weighted by Crippen LogP contribution is -2.46. The number of carbonyl (C=O) groups is 3. The number of nitrogens with zero attached hydrogens (tertiary/aromatic N) is 5. The largest absolute Gasteiger partial charge is 0.467 e. The third-order valence-corrected chi connectivity index (χ3v) is 6.82. The summed E-state index contributed by atoms with van der Waals surface area (Å²) in [6.07, 6.45) is 8.28. The van der Waals surface area contributed by atoms with E-state index in [1.165, 1.54) is 7.11 Å². The number of amides is 2. The van der Waals surface area contributed by atoms with Gasteiger partial charge in [-0.05, 0) is 80.3 Å². The molecular weight excluding hydrogens is 558 g/mol. The van der Waals surface area contributed by atoms with Crippen molar-refractivity contribution in [1.82, 2.24) is 35.5 Å². The third-order valence-electron chi connectivity index (χ3n) is 6.82. The van der Waals surface area contributed by atoms with Crippen LogP contribution in [0.5, 0.6) is 0 Å². The summed E-state index contributed by atoms with van der Waals surface area (Å²) in [5.41, 5.74) is 4.50. The van der Waals surface area contributed by atoms with Gasteiger partial charge in [0.1, 0.15) is 6.04 Å². The Hall–Kier alpha value is -5.03. The molecule has 11 nitrogen and oxygen atoms in total. The van der Waals surface area contributed by atoms with E-state index in [0.29, 0.717) is 55.8 Å². The second kappa shape index (κ2) is 16.6. The fourth-order valence-electron chi connectivity index (χ4n) is 4.61. The maximum absolute atomic E-state index is 13.1. The highest BCUT2D eigenvalue weighted by atomic mass is 16.5. The number of aryl methyl sites for hydroxylation is 1. The van der Waals surface area contributed by atoms with Crippen LogP contribution in [0.15, 0.2) is 85.5 Å². The minimum absolute atomic E-state index is 0.0443. The molecule has 4 aromatic rings. The zero-order valence-corrected chi connectivity index (χ0v) is 25.0. The predicted octanol–water partition coefficient (Wildman–Crippen LogP) is 3.50. The number of methoxy groups -OCH3 is 1. The fourth-order valence-corrected chi connectivity index (χ4v) is 4.61. The Labute approximate surface area is 257 Å². The summed E-state index contributed by atoms with van der Waals surface area (Å²) < 4.78 is 4.95. The molecule has 4 aromatic heterocycles. The van der Waals surface area contributed by atoms with Crippen molar-refractivity contribution in [2.75, 3.05) is 20.2 Å². The molecule has 1 atom stereocenters. The number of unbranched alkanes of at least 4 members (excludes halogenated alkanes) is 1. The molecular formula is C33H37N7O4. The molecule has 0 aliphatic carbocycles. The van der Waals surface area contributed by atoms with E-state index in [-0.39, 0.29) is 18.4 Å². The Morgan fingerprint density at radius 3 is 2.09 bits per heavy atom. The van der Waals surface area contributed by atoms with Gasteiger partial charge in [-0.2, -0.15) is 0 Å². The molecule has 0 bridgehead atoms. The van der Waals surface area contributed by atoms with E-state index in [0.717, 1.165) is 17.0 Å². The average molecular weight is 596 g/mol. The zero-order valence-electron chi connectivity index (χ0n) is 25.0. The monoisotopic (exact) mass is 595 g/mol. The molecule has 0 aromatic carbocycles. The van der Waals surface area contributed by atoms with E-state index in [1.807, 2.05) is 60.4 Å². The van der Waals surface area contributed by atoms with Crippen LogP contribution in [0, 0.1) is 6.92 Å². The second-order valence-electron chi connectivity index (χ2n) is 10.3. The van der Waals surface area contributed by atoms with Crippen LogP contribution < -0.4 is 10.6 Å². The number of hydrogen-bond acceptors (Lipinski definition) is 9. The number of hydrogen-bond donors (Lipinski definition) is 2. The number of rotatable bonds is 15. The summed E-state index contributed by atoms with van der Waals surface area (Å²) in [6, 6.07) is 17.6. The molecule has 0 spiro atoms. The molecule has 2 amide bonds. The van der Waals surface area contributed by atoms with E-state index in [9.17, 15) is 14.4 Å². The number of pyridine rings is 4. The van der Waals surface area contributed by atoms with Crippen LogP contribution in [-0.2, 0) is 27.4 Å². The molecule has 0 saturated carbocycles. The van der Waals surface area contributed by atoms with E-state index < -0.39 is 12.0 Å². The van der Waals surface area contributed by atoms with Crippen molar-refractivity contribution in [3.05, 3.63) is 108 Å². The highest BCUT2D eigenvalue weighted by Crippen LogP contribution is 2.16. The maximum atomic E-state index is 13.1. The maximum Gasteiger partial charge on any atom is 0.328 e. The Morgan fingerprint density at radius 2 is 1.48 bits per heavy atom. The van der Waals surface area contributed by atoms with Gasteiger partial charge >= 0.3 is 5.97 Å². The number of carbonyl (C=O) groups excluding carboxylic acids is 3. The quantitative estimate of drug-likeness (QED) is 0.156. The van der Waals surface area contributed by atoms with Crippen LogP contribution in [0.4, 0.5) is 0 Å². The zero-order chi connectivity index (χ0) is 31.1. The minimum atomic E-state index is -0.806. The van der Waals surface area contributed by atoms with Crippen LogP contribution in [-0.4, -0.2) is 68.9 Å². The van der Waals surface area contributed by atoms with E-state index >= 15 is 0 Å². The molecule has 0 aliphatic rings. The van der Waals surface area contributed by atoms with E-state index in [1.54, 1.807) is 36.9 Å². The average Bonchev–Trinajstić information content (AvgIpc) is 3.04. The van der Waals surface area contributed by atoms with Gasteiger partial charge in [0.2, 0.25) is 5.91 Å². The first-order valence-electron chi connectivity index (χ1n) is 14.5. The number of nitrogens with one attached hydrogen (secondary N) is 2. The first-order valence-corrected chi connectivity index (χ1v) is 14.5. The SMILES string of the molecule is COC(=O)[C@H](CCCCNC(=O)c1ccnc(-c2cc(C)ccn2)c1)NC(=O)CN(Cc1ccccn1)Cc1ccccn1. The van der Waals surface area contributed by atoms with Gasteiger partial charge in [0.15, 0.2) is 0 Å². The summed E-state index contributed by atoms with van der Waals surface area (Å²) >= 11 is 0. The molecule has 44 heavy (non-hydrogen) atoms. The lowest BCUT2D eigenvalue weighted by molar-refractivity contribution is -0.145. The van der Waals surface area contributed by atoms with Gasteiger partial charge in [0.05, 0.1) is 36.4 Å². The first kappa shape index (κ1) is 31.9. The van der Waals surface area contributed by atoms with E-state index in [4.69, 9.17) is 4.74 Å². The van der Waals surface area contributed by atoms with Crippen molar-refractivity contribution >= 4 is 17.8 Å². The molecule has 0 fully saturated rings. The van der Waals surface area contributed by atoms with Crippen molar-refractivity contribution in [3.63, 3.8) is 0 Å². The van der Waals surface area contributed by atoms with E-state index in [2.05, 4.69) is 30.6 Å². The van der Waals surface area contributed by atoms with Crippen LogP contribution in [0.1, 0.15) is 46.6 Å².